The van der Waals surface area contributed by atoms with E-state index in [0.29, 0.717) is 17.1 Å². The SMILES string of the molecule is O=C(CN1C(=O)/C(=C\c2ccco2)SC1=S)N[C@@H]1CCS(=O)(=O)C1. The summed E-state index contributed by atoms with van der Waals surface area (Å²) < 4.78 is 28.3. The Bertz CT molecular complexity index is 813. The highest BCUT2D eigenvalue weighted by Gasteiger charge is 2.35. The van der Waals surface area contributed by atoms with Crippen molar-refractivity contribution >= 4 is 56.0 Å². The molecule has 0 saturated carbocycles. The van der Waals surface area contributed by atoms with Crippen LogP contribution in [0.1, 0.15) is 12.2 Å². The Labute approximate surface area is 148 Å². The van der Waals surface area contributed by atoms with E-state index < -0.39 is 21.8 Å². The van der Waals surface area contributed by atoms with Gasteiger partial charge in [0.2, 0.25) is 5.91 Å². The molecular formula is C14H14N2O5S3. The summed E-state index contributed by atoms with van der Waals surface area (Å²) in [4.78, 5) is 26.0. The van der Waals surface area contributed by atoms with Crippen LogP contribution in [0.4, 0.5) is 0 Å². The Kier molecular flexibility index (Phi) is 4.79. The van der Waals surface area contributed by atoms with Crippen LogP contribution in [0.2, 0.25) is 0 Å². The van der Waals surface area contributed by atoms with Crippen molar-refractivity contribution in [1.29, 1.82) is 0 Å². The molecule has 1 atom stereocenters. The maximum atomic E-state index is 12.3. The molecule has 0 aromatic carbocycles. The fraction of sp³-hybridized carbons (Fsp3) is 0.357. The van der Waals surface area contributed by atoms with Crippen molar-refractivity contribution in [1.82, 2.24) is 10.2 Å². The number of sulfone groups is 1. The summed E-state index contributed by atoms with van der Waals surface area (Å²) in [5, 5.41) is 2.64. The summed E-state index contributed by atoms with van der Waals surface area (Å²) >= 11 is 6.25. The smallest absolute Gasteiger partial charge is 0.266 e. The lowest BCUT2D eigenvalue weighted by atomic mass is 10.2. The minimum Gasteiger partial charge on any atom is -0.465 e. The molecule has 2 aliphatic rings. The number of thioether (sulfide) groups is 1. The zero-order chi connectivity index (χ0) is 17.3. The molecule has 2 fully saturated rings. The van der Waals surface area contributed by atoms with Crippen molar-refractivity contribution in [2.75, 3.05) is 18.1 Å². The first-order chi connectivity index (χ1) is 11.3. The highest BCUT2D eigenvalue weighted by atomic mass is 32.2. The third kappa shape index (κ3) is 3.87. The van der Waals surface area contributed by atoms with Gasteiger partial charge in [-0.25, -0.2) is 8.42 Å². The third-order valence-corrected chi connectivity index (χ3v) is 6.74. The monoisotopic (exact) mass is 386 g/mol. The van der Waals surface area contributed by atoms with E-state index in [2.05, 4.69) is 5.32 Å². The van der Waals surface area contributed by atoms with E-state index in [1.54, 1.807) is 18.2 Å². The summed E-state index contributed by atoms with van der Waals surface area (Å²) in [6.45, 7) is -0.225. The van der Waals surface area contributed by atoms with Crippen molar-refractivity contribution in [2.24, 2.45) is 0 Å². The predicted molar refractivity (Wildman–Crippen MR) is 93.8 cm³/mol. The predicted octanol–water partition coefficient (Wildman–Crippen LogP) is 0.784. The van der Waals surface area contributed by atoms with Crippen LogP contribution in [-0.2, 0) is 19.4 Å². The second-order valence-electron chi connectivity index (χ2n) is 5.45. The first-order valence-electron chi connectivity index (χ1n) is 7.13. The van der Waals surface area contributed by atoms with Crippen molar-refractivity contribution in [2.45, 2.75) is 12.5 Å². The Morgan fingerprint density at radius 2 is 2.33 bits per heavy atom. The summed E-state index contributed by atoms with van der Waals surface area (Å²) in [5.41, 5.74) is 0. The van der Waals surface area contributed by atoms with Crippen molar-refractivity contribution in [3.8, 4) is 0 Å². The van der Waals surface area contributed by atoms with Crippen LogP contribution in [0.5, 0.6) is 0 Å². The molecule has 7 nitrogen and oxygen atoms in total. The first kappa shape index (κ1) is 17.2. The molecule has 10 heteroatoms. The second-order valence-corrected chi connectivity index (χ2v) is 9.36. The van der Waals surface area contributed by atoms with Crippen LogP contribution < -0.4 is 5.32 Å². The Morgan fingerprint density at radius 3 is 2.96 bits per heavy atom. The van der Waals surface area contributed by atoms with Gasteiger partial charge in [0.15, 0.2) is 9.84 Å². The van der Waals surface area contributed by atoms with Gasteiger partial charge in [-0.05, 0) is 18.6 Å². The maximum Gasteiger partial charge on any atom is 0.266 e. The fourth-order valence-electron chi connectivity index (χ4n) is 2.46. The van der Waals surface area contributed by atoms with E-state index in [4.69, 9.17) is 16.6 Å². The Morgan fingerprint density at radius 1 is 1.54 bits per heavy atom. The molecule has 0 radical (unpaired) electrons. The molecule has 2 aliphatic heterocycles. The summed E-state index contributed by atoms with van der Waals surface area (Å²) in [7, 11) is -3.07. The zero-order valence-electron chi connectivity index (χ0n) is 12.4. The van der Waals surface area contributed by atoms with Gasteiger partial charge < -0.3 is 9.73 Å². The van der Waals surface area contributed by atoms with Gasteiger partial charge in [-0.3, -0.25) is 14.5 Å². The fourth-order valence-corrected chi connectivity index (χ4v) is 5.37. The number of thiocarbonyl (C=S) groups is 1. The van der Waals surface area contributed by atoms with Gasteiger partial charge >= 0.3 is 0 Å². The van der Waals surface area contributed by atoms with Crippen molar-refractivity contribution < 1.29 is 22.4 Å². The number of hydrogen-bond acceptors (Lipinski definition) is 7. The van der Waals surface area contributed by atoms with Gasteiger partial charge in [0.25, 0.3) is 5.91 Å². The number of furan rings is 1. The molecule has 2 amide bonds. The van der Waals surface area contributed by atoms with Crippen LogP contribution in [0.15, 0.2) is 27.7 Å². The molecule has 24 heavy (non-hydrogen) atoms. The average molecular weight is 386 g/mol. The van der Waals surface area contributed by atoms with Gasteiger partial charge in [0.05, 0.1) is 22.7 Å². The van der Waals surface area contributed by atoms with E-state index in [1.807, 2.05) is 0 Å². The van der Waals surface area contributed by atoms with Crippen LogP contribution in [0, 0.1) is 0 Å². The van der Waals surface area contributed by atoms with Crippen LogP contribution in [-0.4, -0.2) is 53.5 Å². The molecule has 128 valence electrons. The lowest BCUT2D eigenvalue weighted by molar-refractivity contribution is -0.129. The summed E-state index contributed by atoms with van der Waals surface area (Å²) in [5.74, 6) is -0.250. The molecule has 1 aromatic rings. The van der Waals surface area contributed by atoms with Crippen molar-refractivity contribution in [3.63, 3.8) is 0 Å². The normalized spacial score (nSPS) is 24.8. The van der Waals surface area contributed by atoms with Crippen LogP contribution in [0.25, 0.3) is 6.08 Å². The van der Waals surface area contributed by atoms with E-state index in [-0.39, 0.29) is 28.3 Å². The van der Waals surface area contributed by atoms with E-state index in [1.165, 1.54) is 11.2 Å². The number of nitrogens with one attached hydrogen (secondary N) is 1. The number of rotatable bonds is 4. The highest BCUT2D eigenvalue weighted by molar-refractivity contribution is 8.26. The molecule has 3 rings (SSSR count). The van der Waals surface area contributed by atoms with Crippen LogP contribution >= 0.6 is 24.0 Å². The summed E-state index contributed by atoms with van der Waals surface area (Å²) in [6, 6.07) is 3.01. The molecule has 1 N–H and O–H groups in total. The molecule has 0 unspecified atom stereocenters. The standard InChI is InChI=1S/C14H14N2O5S3/c17-12(15-9-3-5-24(19,20)8-9)7-16-13(18)11(23-14(16)22)6-10-2-1-4-21-10/h1-2,4,6,9H,3,5,7-8H2,(H,15,17)/b11-6+/t9-/m1/s1. The molecule has 0 spiro atoms. The lowest BCUT2D eigenvalue weighted by Gasteiger charge is -2.16. The first-order valence-corrected chi connectivity index (χ1v) is 10.2. The number of amides is 2. The van der Waals surface area contributed by atoms with E-state index in [0.717, 1.165) is 11.8 Å². The molecule has 3 heterocycles. The number of nitrogens with zero attached hydrogens (tertiary/aromatic N) is 1. The molecular weight excluding hydrogens is 372 g/mol. The third-order valence-electron chi connectivity index (χ3n) is 3.59. The van der Waals surface area contributed by atoms with E-state index in [9.17, 15) is 18.0 Å². The number of carbonyl (C=O) groups is 2. The van der Waals surface area contributed by atoms with Gasteiger partial charge in [0, 0.05) is 12.1 Å². The molecule has 2 saturated heterocycles. The average Bonchev–Trinajstić information content (AvgIpc) is 3.17. The maximum absolute atomic E-state index is 12.3. The quantitative estimate of drug-likeness (QED) is 0.603. The number of hydrogen-bond donors (Lipinski definition) is 1. The second kappa shape index (κ2) is 6.69. The van der Waals surface area contributed by atoms with Gasteiger partial charge in [0.1, 0.15) is 16.6 Å². The lowest BCUT2D eigenvalue weighted by Crippen LogP contribution is -2.43. The minimum absolute atomic E-state index is 0.0600. The Hall–Kier alpha value is -1.65. The Balaban J connectivity index is 1.62. The topological polar surface area (TPSA) is 96.7 Å². The highest BCUT2D eigenvalue weighted by Crippen LogP contribution is 2.32. The van der Waals surface area contributed by atoms with Gasteiger partial charge in [-0.2, -0.15) is 0 Å². The van der Waals surface area contributed by atoms with E-state index >= 15 is 0 Å². The molecule has 0 aliphatic carbocycles. The zero-order valence-corrected chi connectivity index (χ0v) is 14.9. The number of carbonyl (C=O) groups excluding carboxylic acids is 2. The largest absolute Gasteiger partial charge is 0.465 e. The molecule has 0 bridgehead atoms. The summed E-state index contributed by atoms with van der Waals surface area (Å²) in [6.07, 6.45) is 3.46. The van der Waals surface area contributed by atoms with Crippen LogP contribution in [0.3, 0.4) is 0 Å². The minimum atomic E-state index is -3.07. The van der Waals surface area contributed by atoms with Gasteiger partial charge in [-0.15, -0.1) is 0 Å². The van der Waals surface area contributed by atoms with Crippen molar-refractivity contribution in [3.05, 3.63) is 29.1 Å². The molecule has 1 aromatic heterocycles. The van der Waals surface area contributed by atoms with Gasteiger partial charge in [-0.1, -0.05) is 24.0 Å².